The Kier molecular flexibility index (Phi) is 5.64. The minimum atomic E-state index is 0.222. The van der Waals surface area contributed by atoms with E-state index in [1.807, 2.05) is 29.1 Å². The molecule has 3 N–H and O–H groups in total. The second-order valence-corrected chi connectivity index (χ2v) is 6.50. The molecule has 2 rings (SSSR count). The van der Waals surface area contributed by atoms with Crippen molar-refractivity contribution in [3.05, 3.63) is 42.2 Å². The standard InChI is InChI=1S/C15H20N4S2/c1-3-21-13-7-4-6-12(14(13)15(16)20)18-11(2)10-19-9-5-8-17-19/h4-9,11,18H,3,10H2,1-2H3,(H2,16,20). The smallest absolute Gasteiger partial charge is 0.107 e. The van der Waals surface area contributed by atoms with Crippen molar-refractivity contribution in [2.45, 2.75) is 31.3 Å². The van der Waals surface area contributed by atoms with E-state index in [2.05, 4.69) is 30.3 Å². The number of nitrogens with zero attached hydrogens (tertiary/aromatic N) is 2. The first-order valence-electron chi connectivity index (χ1n) is 6.91. The molecule has 2 aromatic rings. The third kappa shape index (κ3) is 4.22. The normalized spacial score (nSPS) is 12.1. The average molecular weight is 320 g/mol. The maximum atomic E-state index is 5.92. The number of anilines is 1. The Morgan fingerprint density at radius 3 is 2.90 bits per heavy atom. The summed E-state index contributed by atoms with van der Waals surface area (Å²) in [5.41, 5.74) is 7.84. The summed E-state index contributed by atoms with van der Waals surface area (Å²) in [7, 11) is 0. The molecule has 0 amide bonds. The van der Waals surface area contributed by atoms with Crippen molar-refractivity contribution in [2.75, 3.05) is 11.1 Å². The quantitative estimate of drug-likeness (QED) is 0.606. The Labute approximate surface area is 135 Å². The summed E-state index contributed by atoms with van der Waals surface area (Å²) in [5, 5.41) is 7.71. The number of nitrogens with one attached hydrogen (secondary N) is 1. The summed E-state index contributed by atoms with van der Waals surface area (Å²) in [6, 6.07) is 8.26. The first-order chi connectivity index (χ1) is 10.1. The summed E-state index contributed by atoms with van der Waals surface area (Å²) in [4.78, 5) is 1.56. The summed E-state index contributed by atoms with van der Waals surface area (Å²) in [5.74, 6) is 0.988. The van der Waals surface area contributed by atoms with E-state index in [0.29, 0.717) is 4.99 Å². The van der Waals surface area contributed by atoms with Gasteiger partial charge in [0.2, 0.25) is 0 Å². The SMILES string of the molecule is CCSc1cccc(NC(C)Cn2cccn2)c1C(N)=S. The molecule has 21 heavy (non-hydrogen) atoms. The maximum Gasteiger partial charge on any atom is 0.107 e. The van der Waals surface area contributed by atoms with Crippen LogP contribution < -0.4 is 11.1 Å². The predicted octanol–water partition coefficient (Wildman–Crippen LogP) is 3.13. The number of nitrogens with two attached hydrogens (primary N) is 1. The molecule has 1 atom stereocenters. The van der Waals surface area contributed by atoms with Crippen LogP contribution in [0.5, 0.6) is 0 Å². The Morgan fingerprint density at radius 1 is 1.48 bits per heavy atom. The summed E-state index contributed by atoms with van der Waals surface area (Å²) in [6.45, 7) is 5.02. The number of thioether (sulfide) groups is 1. The highest BCUT2D eigenvalue weighted by atomic mass is 32.2. The minimum absolute atomic E-state index is 0.222. The molecule has 0 aliphatic rings. The number of rotatable bonds is 7. The van der Waals surface area contributed by atoms with Crippen molar-refractivity contribution in [1.82, 2.24) is 9.78 Å². The van der Waals surface area contributed by atoms with Crippen molar-refractivity contribution < 1.29 is 0 Å². The van der Waals surface area contributed by atoms with E-state index >= 15 is 0 Å². The summed E-state index contributed by atoms with van der Waals surface area (Å²) in [6.07, 6.45) is 3.74. The van der Waals surface area contributed by atoms with E-state index in [-0.39, 0.29) is 6.04 Å². The van der Waals surface area contributed by atoms with Crippen molar-refractivity contribution in [3.8, 4) is 0 Å². The largest absolute Gasteiger partial charge is 0.389 e. The van der Waals surface area contributed by atoms with Crippen molar-refractivity contribution in [3.63, 3.8) is 0 Å². The molecular weight excluding hydrogens is 300 g/mol. The van der Waals surface area contributed by atoms with Crippen LogP contribution in [0, 0.1) is 0 Å². The molecule has 0 saturated heterocycles. The van der Waals surface area contributed by atoms with Crippen LogP contribution >= 0.6 is 24.0 Å². The van der Waals surface area contributed by atoms with E-state index in [0.717, 1.165) is 28.4 Å². The highest BCUT2D eigenvalue weighted by Gasteiger charge is 2.13. The van der Waals surface area contributed by atoms with Gasteiger partial charge in [-0.1, -0.05) is 25.2 Å². The van der Waals surface area contributed by atoms with Gasteiger partial charge in [0.25, 0.3) is 0 Å². The van der Waals surface area contributed by atoms with Crippen LogP contribution in [0.25, 0.3) is 0 Å². The number of thiocarbonyl (C=S) groups is 1. The zero-order valence-electron chi connectivity index (χ0n) is 12.2. The third-order valence-electron chi connectivity index (χ3n) is 2.99. The molecule has 1 aromatic carbocycles. The second-order valence-electron chi connectivity index (χ2n) is 4.75. The molecule has 0 aliphatic heterocycles. The Balaban J connectivity index is 2.18. The molecule has 0 aliphatic carbocycles. The first-order valence-corrected chi connectivity index (χ1v) is 8.30. The monoisotopic (exact) mass is 320 g/mol. The van der Waals surface area contributed by atoms with Crippen molar-refractivity contribution in [1.29, 1.82) is 0 Å². The average Bonchev–Trinajstić information content (AvgIpc) is 2.91. The zero-order chi connectivity index (χ0) is 15.2. The number of benzene rings is 1. The van der Waals surface area contributed by atoms with Gasteiger partial charge in [-0.25, -0.2) is 0 Å². The number of aromatic nitrogens is 2. The molecule has 0 bridgehead atoms. The van der Waals surface area contributed by atoms with Crippen molar-refractivity contribution in [2.24, 2.45) is 5.73 Å². The highest BCUT2D eigenvalue weighted by Crippen LogP contribution is 2.29. The molecule has 0 saturated carbocycles. The van der Waals surface area contributed by atoms with Crippen molar-refractivity contribution >= 4 is 34.7 Å². The van der Waals surface area contributed by atoms with Gasteiger partial charge in [-0.15, -0.1) is 11.8 Å². The molecule has 112 valence electrons. The lowest BCUT2D eigenvalue weighted by molar-refractivity contribution is 0.561. The van der Waals surface area contributed by atoms with E-state index in [1.165, 1.54) is 0 Å². The highest BCUT2D eigenvalue weighted by molar-refractivity contribution is 7.99. The van der Waals surface area contributed by atoms with Gasteiger partial charge in [-0.05, 0) is 30.9 Å². The Hall–Kier alpha value is -1.53. The van der Waals surface area contributed by atoms with Crippen LogP contribution in [-0.4, -0.2) is 26.6 Å². The minimum Gasteiger partial charge on any atom is -0.389 e. The summed E-state index contributed by atoms with van der Waals surface area (Å²) < 4.78 is 1.91. The van der Waals surface area contributed by atoms with Crippen LogP contribution in [0.4, 0.5) is 5.69 Å². The molecule has 1 aromatic heterocycles. The summed E-state index contributed by atoms with van der Waals surface area (Å²) >= 11 is 6.98. The van der Waals surface area contributed by atoms with Gasteiger partial charge in [-0.2, -0.15) is 5.10 Å². The molecule has 6 heteroatoms. The molecule has 4 nitrogen and oxygen atoms in total. The molecule has 0 spiro atoms. The van der Waals surface area contributed by atoms with Gasteiger partial charge in [0, 0.05) is 34.6 Å². The van der Waals surface area contributed by atoms with Gasteiger partial charge >= 0.3 is 0 Å². The van der Waals surface area contributed by atoms with Gasteiger partial charge in [0.15, 0.2) is 0 Å². The van der Waals surface area contributed by atoms with Crippen LogP contribution in [0.2, 0.25) is 0 Å². The van der Waals surface area contributed by atoms with E-state index in [9.17, 15) is 0 Å². The fraction of sp³-hybridized carbons (Fsp3) is 0.333. The number of hydrogen-bond acceptors (Lipinski definition) is 4. The maximum absolute atomic E-state index is 5.92. The Bertz CT molecular complexity index is 596. The lowest BCUT2D eigenvalue weighted by Crippen LogP contribution is -2.24. The van der Waals surface area contributed by atoms with Crippen LogP contribution in [0.15, 0.2) is 41.6 Å². The van der Waals surface area contributed by atoms with E-state index in [4.69, 9.17) is 18.0 Å². The molecule has 1 heterocycles. The van der Waals surface area contributed by atoms with Gasteiger partial charge in [-0.3, -0.25) is 4.68 Å². The third-order valence-corrected chi connectivity index (χ3v) is 4.14. The fourth-order valence-electron chi connectivity index (χ4n) is 2.18. The van der Waals surface area contributed by atoms with Crippen LogP contribution in [0.1, 0.15) is 19.4 Å². The van der Waals surface area contributed by atoms with E-state index in [1.54, 1.807) is 18.0 Å². The fourth-order valence-corrected chi connectivity index (χ4v) is 3.32. The topological polar surface area (TPSA) is 55.9 Å². The van der Waals surface area contributed by atoms with Gasteiger partial charge in [0.05, 0.1) is 6.54 Å². The van der Waals surface area contributed by atoms with E-state index < -0.39 is 0 Å². The second kappa shape index (κ2) is 7.47. The Morgan fingerprint density at radius 2 is 2.29 bits per heavy atom. The van der Waals surface area contributed by atoms with Gasteiger partial charge < -0.3 is 11.1 Å². The first kappa shape index (κ1) is 15.9. The van der Waals surface area contributed by atoms with Gasteiger partial charge in [0.1, 0.15) is 4.99 Å². The lowest BCUT2D eigenvalue weighted by atomic mass is 10.1. The lowest BCUT2D eigenvalue weighted by Gasteiger charge is -2.19. The zero-order valence-corrected chi connectivity index (χ0v) is 13.9. The van der Waals surface area contributed by atoms with Crippen LogP contribution in [0.3, 0.4) is 0 Å². The molecular formula is C15H20N4S2. The molecule has 0 fully saturated rings. The molecule has 0 radical (unpaired) electrons. The molecule has 1 unspecified atom stereocenters. The number of hydrogen-bond donors (Lipinski definition) is 2. The van der Waals surface area contributed by atoms with Crippen LogP contribution in [-0.2, 0) is 6.54 Å². The predicted molar refractivity (Wildman–Crippen MR) is 94.0 cm³/mol.